The van der Waals surface area contributed by atoms with Crippen LogP contribution >= 0.6 is 0 Å². The lowest BCUT2D eigenvalue weighted by Crippen LogP contribution is -2.49. The second-order valence-corrected chi connectivity index (χ2v) is 5.61. The molecule has 5 heteroatoms. The number of rotatable bonds is 3. The standard InChI is InChI=1S/C14H19F2N3/c1-9(2)7-19-13(17)18-8-14(19,3)10-4-11(15)6-12(16)5-10/h4-6,9H,7-8H2,1-3H3,(H2,17,18). The van der Waals surface area contributed by atoms with Gasteiger partial charge in [0.15, 0.2) is 5.96 Å². The van der Waals surface area contributed by atoms with E-state index < -0.39 is 17.2 Å². The molecule has 0 spiro atoms. The van der Waals surface area contributed by atoms with Crippen molar-refractivity contribution in [1.29, 1.82) is 0 Å². The zero-order valence-corrected chi connectivity index (χ0v) is 11.5. The number of nitrogens with two attached hydrogens (primary N) is 1. The summed E-state index contributed by atoms with van der Waals surface area (Å²) in [4.78, 5) is 6.16. The van der Waals surface area contributed by atoms with Crippen LogP contribution in [0.1, 0.15) is 26.3 Å². The molecule has 0 fully saturated rings. The van der Waals surface area contributed by atoms with E-state index in [1.54, 1.807) is 0 Å². The van der Waals surface area contributed by atoms with E-state index in [1.165, 1.54) is 12.1 Å². The van der Waals surface area contributed by atoms with E-state index in [-0.39, 0.29) is 0 Å². The highest BCUT2D eigenvalue weighted by Crippen LogP contribution is 2.34. The van der Waals surface area contributed by atoms with Gasteiger partial charge < -0.3 is 10.6 Å². The van der Waals surface area contributed by atoms with Crippen LogP contribution in [0.25, 0.3) is 0 Å². The fourth-order valence-electron chi connectivity index (χ4n) is 2.43. The molecular formula is C14H19F2N3. The van der Waals surface area contributed by atoms with Crippen molar-refractivity contribution in [1.82, 2.24) is 4.90 Å². The fraction of sp³-hybridized carbons (Fsp3) is 0.500. The summed E-state index contributed by atoms with van der Waals surface area (Å²) in [6.07, 6.45) is 0. The minimum atomic E-state index is -0.586. The Balaban J connectivity index is 2.40. The Hall–Kier alpha value is -1.65. The van der Waals surface area contributed by atoms with Gasteiger partial charge in [0.2, 0.25) is 0 Å². The predicted octanol–water partition coefficient (Wildman–Crippen LogP) is 2.47. The third-order valence-electron chi connectivity index (χ3n) is 3.45. The van der Waals surface area contributed by atoms with Crippen molar-refractivity contribution < 1.29 is 8.78 Å². The Bertz CT molecular complexity index is 493. The number of guanidine groups is 1. The van der Waals surface area contributed by atoms with Gasteiger partial charge in [0, 0.05) is 12.6 Å². The van der Waals surface area contributed by atoms with Crippen molar-refractivity contribution >= 4 is 5.96 Å². The molecule has 2 rings (SSSR count). The number of aliphatic imine (C=N–C) groups is 1. The molecule has 1 heterocycles. The first kappa shape index (κ1) is 13.8. The Morgan fingerprint density at radius 1 is 1.32 bits per heavy atom. The summed E-state index contributed by atoms with van der Waals surface area (Å²) in [5.74, 6) is -0.345. The van der Waals surface area contributed by atoms with E-state index in [2.05, 4.69) is 18.8 Å². The van der Waals surface area contributed by atoms with Gasteiger partial charge in [-0.2, -0.15) is 0 Å². The van der Waals surface area contributed by atoms with Crippen molar-refractivity contribution in [2.24, 2.45) is 16.6 Å². The Kier molecular flexibility index (Phi) is 3.47. The van der Waals surface area contributed by atoms with Crippen LogP contribution in [0.4, 0.5) is 8.78 Å². The first-order valence-electron chi connectivity index (χ1n) is 6.37. The quantitative estimate of drug-likeness (QED) is 0.914. The zero-order chi connectivity index (χ0) is 14.2. The van der Waals surface area contributed by atoms with E-state index in [0.717, 1.165) is 6.07 Å². The molecule has 0 saturated carbocycles. The molecule has 2 N–H and O–H groups in total. The summed E-state index contributed by atoms with van der Waals surface area (Å²) in [6, 6.07) is 3.58. The topological polar surface area (TPSA) is 41.6 Å². The van der Waals surface area contributed by atoms with E-state index in [1.807, 2.05) is 11.8 Å². The molecular weight excluding hydrogens is 248 g/mol. The largest absolute Gasteiger partial charge is 0.370 e. The van der Waals surface area contributed by atoms with Crippen molar-refractivity contribution in [3.8, 4) is 0 Å². The number of hydrogen-bond acceptors (Lipinski definition) is 3. The molecule has 0 aliphatic carbocycles. The number of halogens is 2. The minimum Gasteiger partial charge on any atom is -0.370 e. The molecule has 104 valence electrons. The molecule has 0 aromatic heterocycles. The number of nitrogens with zero attached hydrogens (tertiary/aromatic N) is 2. The highest BCUT2D eigenvalue weighted by atomic mass is 19.1. The van der Waals surface area contributed by atoms with Crippen LogP contribution in [0.15, 0.2) is 23.2 Å². The lowest BCUT2D eigenvalue weighted by molar-refractivity contribution is 0.203. The van der Waals surface area contributed by atoms with Gasteiger partial charge >= 0.3 is 0 Å². The summed E-state index contributed by atoms with van der Waals surface area (Å²) < 4.78 is 26.8. The first-order chi connectivity index (χ1) is 8.83. The molecule has 0 amide bonds. The van der Waals surface area contributed by atoms with Crippen LogP contribution in [-0.2, 0) is 5.54 Å². The molecule has 1 aromatic rings. The average molecular weight is 267 g/mol. The molecule has 1 unspecified atom stereocenters. The fourth-order valence-corrected chi connectivity index (χ4v) is 2.43. The monoisotopic (exact) mass is 267 g/mol. The lowest BCUT2D eigenvalue weighted by atomic mass is 9.90. The summed E-state index contributed by atoms with van der Waals surface area (Å²) in [7, 11) is 0. The van der Waals surface area contributed by atoms with Crippen LogP contribution in [-0.4, -0.2) is 23.9 Å². The second kappa shape index (κ2) is 4.79. The summed E-state index contributed by atoms with van der Waals surface area (Å²) in [6.45, 7) is 7.15. The summed E-state index contributed by atoms with van der Waals surface area (Å²) in [5, 5.41) is 0. The van der Waals surface area contributed by atoms with Crippen LogP contribution in [0.5, 0.6) is 0 Å². The molecule has 0 saturated heterocycles. The van der Waals surface area contributed by atoms with Gasteiger partial charge in [-0.25, -0.2) is 8.78 Å². The lowest BCUT2D eigenvalue weighted by Gasteiger charge is -2.37. The van der Waals surface area contributed by atoms with Crippen LogP contribution < -0.4 is 5.73 Å². The Morgan fingerprint density at radius 3 is 2.42 bits per heavy atom. The molecule has 3 nitrogen and oxygen atoms in total. The second-order valence-electron chi connectivity index (χ2n) is 5.61. The van der Waals surface area contributed by atoms with Gasteiger partial charge in [-0.15, -0.1) is 0 Å². The Morgan fingerprint density at radius 2 is 1.89 bits per heavy atom. The van der Waals surface area contributed by atoms with Crippen LogP contribution in [0.2, 0.25) is 0 Å². The third kappa shape index (κ3) is 2.55. The minimum absolute atomic E-state index is 0.379. The SMILES string of the molecule is CC(C)CN1C(N)=NCC1(C)c1cc(F)cc(F)c1. The van der Waals surface area contributed by atoms with E-state index in [9.17, 15) is 8.78 Å². The molecule has 1 aliphatic rings. The predicted molar refractivity (Wildman–Crippen MR) is 71.7 cm³/mol. The van der Waals surface area contributed by atoms with Crippen LogP contribution in [0, 0.1) is 17.6 Å². The molecule has 0 bridgehead atoms. The first-order valence-corrected chi connectivity index (χ1v) is 6.37. The maximum Gasteiger partial charge on any atom is 0.192 e. The summed E-state index contributed by atoms with van der Waals surface area (Å²) >= 11 is 0. The molecule has 1 aliphatic heterocycles. The van der Waals surface area contributed by atoms with Gasteiger partial charge in [-0.1, -0.05) is 13.8 Å². The normalized spacial score (nSPS) is 23.1. The van der Waals surface area contributed by atoms with Gasteiger partial charge in [0.1, 0.15) is 11.6 Å². The van der Waals surface area contributed by atoms with Crippen molar-refractivity contribution in [2.45, 2.75) is 26.3 Å². The Labute approximate surface area is 112 Å². The van der Waals surface area contributed by atoms with Gasteiger partial charge in [-0.05, 0) is 30.5 Å². The molecule has 1 atom stereocenters. The smallest absolute Gasteiger partial charge is 0.192 e. The highest BCUT2D eigenvalue weighted by Gasteiger charge is 2.40. The molecule has 0 radical (unpaired) electrons. The van der Waals surface area contributed by atoms with Crippen molar-refractivity contribution in [2.75, 3.05) is 13.1 Å². The number of hydrogen-bond donors (Lipinski definition) is 1. The van der Waals surface area contributed by atoms with E-state index >= 15 is 0 Å². The maximum atomic E-state index is 13.4. The van der Waals surface area contributed by atoms with Gasteiger partial charge in [0.05, 0.1) is 12.1 Å². The molecule has 1 aromatic carbocycles. The van der Waals surface area contributed by atoms with Crippen molar-refractivity contribution in [3.05, 3.63) is 35.4 Å². The zero-order valence-electron chi connectivity index (χ0n) is 11.5. The maximum absolute atomic E-state index is 13.4. The van der Waals surface area contributed by atoms with Crippen LogP contribution in [0.3, 0.4) is 0 Å². The average Bonchev–Trinajstić information content (AvgIpc) is 2.57. The van der Waals surface area contributed by atoms with Crippen molar-refractivity contribution in [3.63, 3.8) is 0 Å². The summed E-state index contributed by atoms with van der Waals surface area (Å²) in [5.41, 5.74) is 5.88. The van der Waals surface area contributed by atoms with Gasteiger partial charge in [0.25, 0.3) is 0 Å². The molecule has 19 heavy (non-hydrogen) atoms. The number of benzene rings is 1. The van der Waals surface area contributed by atoms with E-state index in [0.29, 0.717) is 30.5 Å². The third-order valence-corrected chi connectivity index (χ3v) is 3.45. The van der Waals surface area contributed by atoms with E-state index in [4.69, 9.17) is 5.73 Å². The highest BCUT2D eigenvalue weighted by molar-refractivity contribution is 5.81. The van der Waals surface area contributed by atoms with Gasteiger partial charge in [-0.3, -0.25) is 4.99 Å².